The van der Waals surface area contributed by atoms with Crippen molar-refractivity contribution in [1.29, 1.82) is 0 Å². The van der Waals surface area contributed by atoms with E-state index in [9.17, 15) is 5.11 Å². The van der Waals surface area contributed by atoms with Crippen molar-refractivity contribution in [1.82, 2.24) is 19.4 Å². The second-order valence-corrected chi connectivity index (χ2v) is 6.49. The maximum atomic E-state index is 9.47. The van der Waals surface area contributed by atoms with Crippen LogP contribution in [0.3, 0.4) is 0 Å². The molecule has 0 bridgehead atoms. The summed E-state index contributed by atoms with van der Waals surface area (Å²) in [6, 6.07) is 11.0. The first-order chi connectivity index (χ1) is 11.8. The molecule has 3 rings (SSSR count). The molecule has 1 atom stereocenters. The molecule has 2 aromatic rings. The van der Waals surface area contributed by atoms with Gasteiger partial charge in [-0.2, -0.15) is 0 Å². The number of hydrogen-bond donors (Lipinski definition) is 1. The molecule has 0 radical (unpaired) electrons. The van der Waals surface area contributed by atoms with E-state index >= 15 is 0 Å². The van der Waals surface area contributed by atoms with E-state index in [1.165, 1.54) is 5.56 Å². The van der Waals surface area contributed by atoms with E-state index in [-0.39, 0.29) is 6.61 Å². The van der Waals surface area contributed by atoms with Crippen LogP contribution in [-0.2, 0) is 19.6 Å². The standard InChI is InChI=1S/C19H28N4O/c1-2-22-10-9-20-19(22)16-21-11-12-23(18(15-21)8-13-24)14-17-6-4-3-5-7-17/h3-7,9-10,18,24H,2,8,11-16H2,1H3. The van der Waals surface area contributed by atoms with Gasteiger partial charge in [-0.25, -0.2) is 4.98 Å². The number of imidazole rings is 1. The predicted octanol–water partition coefficient (Wildman–Crippen LogP) is 1.97. The van der Waals surface area contributed by atoms with Crippen molar-refractivity contribution < 1.29 is 5.11 Å². The van der Waals surface area contributed by atoms with Crippen molar-refractivity contribution in [2.24, 2.45) is 0 Å². The minimum atomic E-state index is 0.243. The number of rotatable bonds is 7. The van der Waals surface area contributed by atoms with Gasteiger partial charge in [-0.3, -0.25) is 9.80 Å². The average molecular weight is 328 g/mol. The fourth-order valence-corrected chi connectivity index (χ4v) is 3.53. The van der Waals surface area contributed by atoms with Crippen molar-refractivity contribution in [3.63, 3.8) is 0 Å². The van der Waals surface area contributed by atoms with Gasteiger partial charge >= 0.3 is 0 Å². The number of piperazine rings is 1. The lowest BCUT2D eigenvalue weighted by Gasteiger charge is -2.41. The minimum absolute atomic E-state index is 0.243. The number of benzene rings is 1. The molecule has 2 heterocycles. The predicted molar refractivity (Wildman–Crippen MR) is 95.5 cm³/mol. The first kappa shape index (κ1) is 17.1. The van der Waals surface area contributed by atoms with Crippen LogP contribution in [0.2, 0.25) is 0 Å². The molecule has 0 spiro atoms. The quantitative estimate of drug-likeness (QED) is 0.844. The van der Waals surface area contributed by atoms with Crippen molar-refractivity contribution in [2.75, 3.05) is 26.2 Å². The van der Waals surface area contributed by atoms with Crippen LogP contribution in [0.5, 0.6) is 0 Å². The summed E-state index contributed by atoms with van der Waals surface area (Å²) in [6.07, 6.45) is 4.76. The average Bonchev–Trinajstić information content (AvgIpc) is 3.05. The zero-order valence-electron chi connectivity index (χ0n) is 14.5. The minimum Gasteiger partial charge on any atom is -0.396 e. The molecule has 1 aliphatic heterocycles. The summed E-state index contributed by atoms with van der Waals surface area (Å²) in [5.41, 5.74) is 1.34. The van der Waals surface area contributed by atoms with Crippen molar-refractivity contribution in [3.8, 4) is 0 Å². The summed E-state index contributed by atoms with van der Waals surface area (Å²) in [4.78, 5) is 9.47. The van der Waals surface area contributed by atoms with Gasteiger partial charge in [0.1, 0.15) is 5.82 Å². The van der Waals surface area contributed by atoms with Crippen molar-refractivity contribution in [3.05, 3.63) is 54.1 Å². The SMILES string of the molecule is CCn1ccnc1CN1CCN(Cc2ccccc2)C(CCO)C1. The summed E-state index contributed by atoms with van der Waals surface area (Å²) >= 11 is 0. The van der Waals surface area contributed by atoms with Gasteiger partial charge in [-0.15, -0.1) is 0 Å². The third-order valence-electron chi connectivity index (χ3n) is 4.89. The van der Waals surface area contributed by atoms with Gasteiger partial charge in [0.2, 0.25) is 0 Å². The van der Waals surface area contributed by atoms with E-state index in [0.29, 0.717) is 6.04 Å². The lowest BCUT2D eigenvalue weighted by atomic mass is 10.1. The molecule has 0 aliphatic carbocycles. The highest BCUT2D eigenvalue weighted by Gasteiger charge is 2.27. The second kappa shape index (κ2) is 8.42. The van der Waals surface area contributed by atoms with Crippen LogP contribution in [0.1, 0.15) is 24.7 Å². The van der Waals surface area contributed by atoms with Gasteiger partial charge in [0.25, 0.3) is 0 Å². The van der Waals surface area contributed by atoms with Gasteiger partial charge in [0.05, 0.1) is 6.54 Å². The molecule has 1 fully saturated rings. The molecule has 5 heteroatoms. The maximum Gasteiger partial charge on any atom is 0.122 e. The monoisotopic (exact) mass is 328 g/mol. The fraction of sp³-hybridized carbons (Fsp3) is 0.526. The Morgan fingerprint density at radius 2 is 2.00 bits per heavy atom. The van der Waals surface area contributed by atoms with Crippen LogP contribution in [0.4, 0.5) is 0 Å². The number of aliphatic hydroxyl groups is 1. The van der Waals surface area contributed by atoms with Gasteiger partial charge in [0, 0.05) is 57.8 Å². The maximum absolute atomic E-state index is 9.47. The highest BCUT2D eigenvalue weighted by molar-refractivity contribution is 5.14. The molecule has 24 heavy (non-hydrogen) atoms. The Kier molecular flexibility index (Phi) is 6.01. The Bertz CT molecular complexity index is 613. The number of aromatic nitrogens is 2. The summed E-state index contributed by atoms with van der Waals surface area (Å²) < 4.78 is 2.21. The van der Waals surface area contributed by atoms with E-state index in [1.54, 1.807) is 0 Å². The number of nitrogens with zero attached hydrogens (tertiary/aromatic N) is 4. The van der Waals surface area contributed by atoms with Crippen LogP contribution in [0.15, 0.2) is 42.7 Å². The zero-order valence-corrected chi connectivity index (χ0v) is 14.5. The van der Waals surface area contributed by atoms with E-state index in [2.05, 4.69) is 56.6 Å². The largest absolute Gasteiger partial charge is 0.396 e. The molecule has 1 unspecified atom stereocenters. The summed E-state index contributed by atoms with van der Waals surface area (Å²) in [5, 5.41) is 9.47. The topological polar surface area (TPSA) is 44.5 Å². The van der Waals surface area contributed by atoms with Crippen LogP contribution in [-0.4, -0.2) is 56.7 Å². The zero-order chi connectivity index (χ0) is 16.8. The number of aliphatic hydroxyl groups excluding tert-OH is 1. The van der Waals surface area contributed by atoms with Crippen LogP contribution in [0, 0.1) is 0 Å². The van der Waals surface area contributed by atoms with E-state index in [1.807, 2.05) is 12.4 Å². The van der Waals surface area contributed by atoms with E-state index in [0.717, 1.165) is 51.5 Å². The molecular weight excluding hydrogens is 300 g/mol. The molecule has 1 N–H and O–H groups in total. The van der Waals surface area contributed by atoms with Crippen molar-refractivity contribution in [2.45, 2.75) is 39.0 Å². The number of aryl methyl sites for hydroxylation is 1. The Labute approximate surface area is 144 Å². The highest BCUT2D eigenvalue weighted by Crippen LogP contribution is 2.18. The molecule has 1 saturated heterocycles. The first-order valence-corrected chi connectivity index (χ1v) is 8.91. The smallest absolute Gasteiger partial charge is 0.122 e. The van der Waals surface area contributed by atoms with Gasteiger partial charge in [0.15, 0.2) is 0 Å². The highest BCUT2D eigenvalue weighted by atomic mass is 16.3. The fourth-order valence-electron chi connectivity index (χ4n) is 3.53. The Morgan fingerprint density at radius 3 is 2.75 bits per heavy atom. The number of hydrogen-bond acceptors (Lipinski definition) is 4. The van der Waals surface area contributed by atoms with Gasteiger partial charge in [-0.1, -0.05) is 30.3 Å². The molecule has 0 saturated carbocycles. The first-order valence-electron chi connectivity index (χ1n) is 8.91. The molecule has 1 aliphatic rings. The van der Waals surface area contributed by atoms with Crippen LogP contribution < -0.4 is 0 Å². The third kappa shape index (κ3) is 4.23. The molecule has 1 aromatic heterocycles. The molecular formula is C19H28N4O. The summed E-state index contributed by atoms with van der Waals surface area (Å²) in [6.45, 7) is 8.28. The van der Waals surface area contributed by atoms with E-state index in [4.69, 9.17) is 0 Å². The van der Waals surface area contributed by atoms with E-state index < -0.39 is 0 Å². The summed E-state index contributed by atoms with van der Waals surface area (Å²) in [7, 11) is 0. The third-order valence-corrected chi connectivity index (χ3v) is 4.89. The Morgan fingerprint density at radius 1 is 1.17 bits per heavy atom. The van der Waals surface area contributed by atoms with Gasteiger partial charge < -0.3 is 9.67 Å². The van der Waals surface area contributed by atoms with Crippen LogP contribution in [0.25, 0.3) is 0 Å². The lowest BCUT2D eigenvalue weighted by molar-refractivity contribution is 0.0483. The lowest BCUT2D eigenvalue weighted by Crippen LogP contribution is -2.52. The summed E-state index contributed by atoms with van der Waals surface area (Å²) in [5.74, 6) is 1.14. The second-order valence-electron chi connectivity index (χ2n) is 6.49. The van der Waals surface area contributed by atoms with Crippen LogP contribution >= 0.6 is 0 Å². The molecule has 5 nitrogen and oxygen atoms in total. The van der Waals surface area contributed by atoms with Gasteiger partial charge in [-0.05, 0) is 18.9 Å². The molecule has 1 aromatic carbocycles. The molecule has 130 valence electrons. The van der Waals surface area contributed by atoms with Crippen molar-refractivity contribution >= 4 is 0 Å². The molecule has 0 amide bonds. The Hall–Kier alpha value is -1.69. The Balaban J connectivity index is 1.62. The normalized spacial score (nSPS) is 19.7.